The number of ketones is 1. The first-order chi connectivity index (χ1) is 12.1. The normalized spacial score (nSPS) is 13.2. The minimum absolute atomic E-state index is 0.195. The van der Waals surface area contributed by atoms with Crippen LogP contribution in [0.2, 0.25) is 0 Å². The maximum absolute atomic E-state index is 13.5. The predicted molar refractivity (Wildman–Crippen MR) is 99.3 cm³/mol. The van der Waals surface area contributed by atoms with Gasteiger partial charge >= 0.3 is 0 Å². The first kappa shape index (κ1) is 19.1. The average molecular weight is 358 g/mol. The second kappa shape index (κ2) is 8.77. The molecule has 0 aliphatic heterocycles. The van der Waals surface area contributed by atoms with Gasteiger partial charge < -0.3 is 9.47 Å². The molecule has 0 amide bonds. The Morgan fingerprint density at radius 2 is 1.60 bits per heavy atom. The maximum atomic E-state index is 13.5. The molecule has 0 N–H and O–H groups in total. The number of rotatable bonds is 9. The zero-order chi connectivity index (χ0) is 18.3. The lowest BCUT2D eigenvalue weighted by molar-refractivity contribution is 0.0926. The number of carbonyl (C=O) groups is 1. The third-order valence-electron chi connectivity index (χ3n) is 4.26. The molecule has 2 aromatic rings. The van der Waals surface area contributed by atoms with Gasteiger partial charge in [0, 0.05) is 0 Å². The van der Waals surface area contributed by atoms with E-state index in [1.807, 2.05) is 37.3 Å². The molecule has 0 spiro atoms. The molecule has 0 fully saturated rings. The fraction of sp³-hybridized carbons (Fsp3) is 0.350. The van der Waals surface area contributed by atoms with Crippen molar-refractivity contribution in [3.8, 4) is 11.5 Å². The zero-order valence-electron chi connectivity index (χ0n) is 14.8. The van der Waals surface area contributed by atoms with Crippen LogP contribution < -0.4 is 9.47 Å². The van der Waals surface area contributed by atoms with Crippen LogP contribution in [-0.4, -0.2) is 25.2 Å². The van der Waals surface area contributed by atoms with Crippen molar-refractivity contribution in [2.24, 2.45) is 0 Å². The molecule has 0 saturated carbocycles. The second-order valence-electron chi connectivity index (χ2n) is 5.90. The van der Waals surface area contributed by atoms with E-state index in [0.717, 1.165) is 12.0 Å². The van der Waals surface area contributed by atoms with Crippen LogP contribution in [0.5, 0.6) is 11.5 Å². The summed E-state index contributed by atoms with van der Waals surface area (Å²) in [5, 5.41) is -1.04. The van der Waals surface area contributed by atoms with E-state index in [1.165, 1.54) is 14.2 Å². The monoisotopic (exact) mass is 358 g/mol. The highest BCUT2D eigenvalue weighted by atomic mass is 31.1. The van der Waals surface area contributed by atoms with Crippen LogP contribution in [0.3, 0.4) is 0 Å². The molecular weight excluding hydrogens is 335 g/mol. The van der Waals surface area contributed by atoms with Crippen LogP contribution in [0.15, 0.2) is 48.5 Å². The highest BCUT2D eigenvalue weighted by Gasteiger charge is 2.42. The molecule has 25 heavy (non-hydrogen) atoms. The summed E-state index contributed by atoms with van der Waals surface area (Å²) in [5.41, 5.74) is 1.32. The van der Waals surface area contributed by atoms with Gasteiger partial charge in [-0.25, -0.2) is 0 Å². The van der Waals surface area contributed by atoms with Crippen LogP contribution in [0.4, 0.5) is 0 Å². The Morgan fingerprint density at radius 1 is 1.00 bits per heavy atom. The van der Waals surface area contributed by atoms with Gasteiger partial charge in [-0.2, -0.15) is 0 Å². The largest absolute Gasteiger partial charge is 0.496 e. The molecule has 0 aliphatic rings. The second-order valence-corrected chi connectivity index (χ2v) is 6.94. The minimum Gasteiger partial charge on any atom is -0.496 e. The van der Waals surface area contributed by atoms with Crippen LogP contribution in [0, 0.1) is 0 Å². The number of methoxy groups -OCH3 is 2. The smallest absolute Gasteiger partial charge is 0.188 e. The molecule has 132 valence electrons. The highest BCUT2D eigenvalue weighted by Crippen LogP contribution is 2.41. The van der Waals surface area contributed by atoms with Crippen molar-refractivity contribution < 1.29 is 18.8 Å². The molecule has 1 unspecified atom stereocenters. The summed E-state index contributed by atoms with van der Waals surface area (Å²) < 4.78 is 23.0. The van der Waals surface area contributed by atoms with E-state index in [-0.39, 0.29) is 14.2 Å². The van der Waals surface area contributed by atoms with Gasteiger partial charge in [0.15, 0.2) is 14.2 Å². The molecule has 0 aromatic heterocycles. The van der Waals surface area contributed by atoms with Crippen molar-refractivity contribution in [1.29, 1.82) is 0 Å². The Hall–Kier alpha value is -2.19. The number of hydrogen-bond donors (Lipinski definition) is 0. The zero-order valence-corrected chi connectivity index (χ0v) is 15.7. The Kier molecular flexibility index (Phi) is 6.72. The SMILES string of the molecule is CCCC(Cc1ccccc1)(P=O)C(=O)c1c(OC)cccc1OC. The van der Waals surface area contributed by atoms with Gasteiger partial charge in [-0.3, -0.25) is 9.36 Å². The van der Waals surface area contributed by atoms with Gasteiger partial charge in [-0.15, -0.1) is 0 Å². The summed E-state index contributed by atoms with van der Waals surface area (Å²) >= 11 is 0. The Bertz CT molecular complexity index is 707. The van der Waals surface area contributed by atoms with E-state index >= 15 is 0 Å². The number of benzene rings is 2. The van der Waals surface area contributed by atoms with E-state index in [0.29, 0.717) is 29.9 Å². The average Bonchev–Trinajstić information content (AvgIpc) is 2.67. The molecule has 0 heterocycles. The lowest BCUT2D eigenvalue weighted by atomic mass is 9.86. The molecule has 5 heteroatoms. The Balaban J connectivity index is 2.55. The fourth-order valence-corrected chi connectivity index (χ4v) is 3.81. The molecule has 0 bridgehead atoms. The van der Waals surface area contributed by atoms with Crippen molar-refractivity contribution in [1.82, 2.24) is 0 Å². The van der Waals surface area contributed by atoms with Crippen molar-refractivity contribution in [3.05, 3.63) is 59.7 Å². The van der Waals surface area contributed by atoms with Gasteiger partial charge in [0.25, 0.3) is 0 Å². The quantitative estimate of drug-likeness (QED) is 0.470. The molecule has 2 aromatic carbocycles. The molecule has 4 nitrogen and oxygen atoms in total. The van der Waals surface area contributed by atoms with Gasteiger partial charge in [0.1, 0.15) is 22.2 Å². The summed E-state index contributed by atoms with van der Waals surface area (Å²) in [5.74, 6) is 0.646. The molecule has 0 aliphatic carbocycles. The lowest BCUT2D eigenvalue weighted by Gasteiger charge is -2.27. The first-order valence-corrected chi connectivity index (χ1v) is 9.07. The van der Waals surface area contributed by atoms with Crippen molar-refractivity contribution in [3.63, 3.8) is 0 Å². The minimum atomic E-state index is -1.04. The van der Waals surface area contributed by atoms with Gasteiger partial charge in [-0.1, -0.05) is 49.7 Å². The summed E-state index contributed by atoms with van der Waals surface area (Å²) in [6.45, 7) is 1.98. The van der Waals surface area contributed by atoms with Gasteiger partial charge in [0.2, 0.25) is 0 Å². The van der Waals surface area contributed by atoms with E-state index in [2.05, 4.69) is 0 Å². The standard InChI is InChI=1S/C20H23O4P/c1-4-13-20(25-22,14-15-9-6-5-7-10-15)19(21)18-16(23-2)11-8-12-17(18)24-3/h5-12H,4,13-14H2,1-3H3. The topological polar surface area (TPSA) is 52.6 Å². The van der Waals surface area contributed by atoms with Crippen LogP contribution in [0.25, 0.3) is 0 Å². The molecule has 0 saturated heterocycles. The summed E-state index contributed by atoms with van der Waals surface area (Å²) in [7, 11) is 2.83. The summed E-state index contributed by atoms with van der Waals surface area (Å²) in [6, 6.07) is 14.9. The summed E-state index contributed by atoms with van der Waals surface area (Å²) in [6.07, 6.45) is 1.64. The van der Waals surface area contributed by atoms with Crippen LogP contribution in [-0.2, 0) is 11.0 Å². The number of Topliss-reactive ketones (excluding diaryl/α,β-unsaturated/α-hetero) is 1. The van der Waals surface area contributed by atoms with E-state index in [1.54, 1.807) is 18.2 Å². The number of hydrogen-bond acceptors (Lipinski definition) is 4. The van der Waals surface area contributed by atoms with E-state index < -0.39 is 5.16 Å². The molecule has 1 atom stereocenters. The molecule has 0 radical (unpaired) electrons. The van der Waals surface area contributed by atoms with Crippen molar-refractivity contribution in [2.45, 2.75) is 31.3 Å². The highest BCUT2D eigenvalue weighted by molar-refractivity contribution is 7.28. The van der Waals surface area contributed by atoms with Gasteiger partial charge in [-0.05, 0) is 30.5 Å². The number of carbonyl (C=O) groups excluding carboxylic acids is 1. The lowest BCUT2D eigenvalue weighted by Crippen LogP contribution is -2.36. The van der Waals surface area contributed by atoms with Crippen molar-refractivity contribution in [2.75, 3.05) is 14.2 Å². The third-order valence-corrected chi connectivity index (χ3v) is 5.19. The van der Waals surface area contributed by atoms with Gasteiger partial charge in [0.05, 0.1) is 14.2 Å². The first-order valence-electron chi connectivity index (χ1n) is 8.26. The summed E-state index contributed by atoms with van der Waals surface area (Å²) in [4.78, 5) is 13.5. The van der Waals surface area contributed by atoms with E-state index in [4.69, 9.17) is 9.47 Å². The Morgan fingerprint density at radius 3 is 2.08 bits per heavy atom. The predicted octanol–water partition coefficient (Wildman–Crippen LogP) is 4.96. The van der Waals surface area contributed by atoms with E-state index in [9.17, 15) is 9.36 Å². The third kappa shape index (κ3) is 4.08. The van der Waals surface area contributed by atoms with Crippen molar-refractivity contribution >= 4 is 14.2 Å². The fourth-order valence-electron chi connectivity index (χ4n) is 3.06. The van der Waals surface area contributed by atoms with Crippen LogP contribution in [0.1, 0.15) is 35.7 Å². The number of ether oxygens (including phenoxy) is 2. The maximum Gasteiger partial charge on any atom is 0.188 e. The molecule has 2 rings (SSSR count). The van der Waals surface area contributed by atoms with Crippen LogP contribution >= 0.6 is 8.46 Å². The Labute approximate surface area is 150 Å². The molecular formula is C20H23O4P.